The SMILES string of the molecule is O=C(O)CC1(NC(=O)c2ccn(-c3ccc(Cl)c(Cl)c3)n2)CCC1. The van der Waals surface area contributed by atoms with Gasteiger partial charge in [-0.05, 0) is 43.5 Å². The minimum absolute atomic E-state index is 0.0771. The highest BCUT2D eigenvalue weighted by molar-refractivity contribution is 6.42. The predicted octanol–water partition coefficient (Wildman–Crippen LogP) is 3.31. The predicted molar refractivity (Wildman–Crippen MR) is 89.9 cm³/mol. The van der Waals surface area contributed by atoms with Gasteiger partial charge in [0.2, 0.25) is 0 Å². The monoisotopic (exact) mass is 367 g/mol. The number of carboxylic acid groups (broad SMARTS) is 1. The summed E-state index contributed by atoms with van der Waals surface area (Å²) in [7, 11) is 0. The van der Waals surface area contributed by atoms with E-state index in [-0.39, 0.29) is 18.0 Å². The molecule has 1 aliphatic rings. The maximum Gasteiger partial charge on any atom is 0.305 e. The summed E-state index contributed by atoms with van der Waals surface area (Å²) in [6.45, 7) is 0. The number of rotatable bonds is 5. The molecule has 24 heavy (non-hydrogen) atoms. The first kappa shape index (κ1) is 16.8. The lowest BCUT2D eigenvalue weighted by Crippen LogP contribution is -2.54. The summed E-state index contributed by atoms with van der Waals surface area (Å²) < 4.78 is 1.52. The van der Waals surface area contributed by atoms with Crippen LogP contribution >= 0.6 is 23.2 Å². The first-order valence-electron chi connectivity index (χ1n) is 7.44. The molecule has 2 aromatic rings. The summed E-state index contributed by atoms with van der Waals surface area (Å²) in [6.07, 6.45) is 3.80. The molecule has 1 aliphatic carbocycles. The Morgan fingerprint density at radius 3 is 2.58 bits per heavy atom. The van der Waals surface area contributed by atoms with Crippen LogP contribution in [-0.4, -0.2) is 32.3 Å². The van der Waals surface area contributed by atoms with E-state index < -0.39 is 11.5 Å². The lowest BCUT2D eigenvalue weighted by Gasteiger charge is -2.41. The first-order valence-corrected chi connectivity index (χ1v) is 8.20. The van der Waals surface area contributed by atoms with E-state index in [9.17, 15) is 9.59 Å². The Bertz CT molecular complexity index is 800. The van der Waals surface area contributed by atoms with Crippen LogP contribution in [0.4, 0.5) is 0 Å². The van der Waals surface area contributed by atoms with Crippen molar-refractivity contribution in [2.45, 2.75) is 31.2 Å². The van der Waals surface area contributed by atoms with Crippen molar-refractivity contribution >= 4 is 35.1 Å². The highest BCUT2D eigenvalue weighted by Crippen LogP contribution is 2.35. The molecule has 0 atom stereocenters. The van der Waals surface area contributed by atoms with E-state index in [2.05, 4.69) is 10.4 Å². The number of hydrogen-bond acceptors (Lipinski definition) is 3. The van der Waals surface area contributed by atoms with Crippen molar-refractivity contribution in [1.29, 1.82) is 0 Å². The zero-order valence-electron chi connectivity index (χ0n) is 12.6. The molecule has 1 fully saturated rings. The van der Waals surface area contributed by atoms with Gasteiger partial charge in [0.1, 0.15) is 0 Å². The Morgan fingerprint density at radius 1 is 1.25 bits per heavy atom. The Hall–Kier alpha value is -2.05. The lowest BCUT2D eigenvalue weighted by molar-refractivity contribution is -0.139. The number of aromatic nitrogens is 2. The second-order valence-electron chi connectivity index (χ2n) is 5.90. The number of benzene rings is 1. The Kier molecular flexibility index (Phi) is 4.51. The van der Waals surface area contributed by atoms with Crippen LogP contribution in [0, 0.1) is 0 Å². The van der Waals surface area contributed by atoms with Crippen LogP contribution in [0.5, 0.6) is 0 Å². The van der Waals surface area contributed by atoms with Crippen molar-refractivity contribution in [3.05, 3.63) is 46.2 Å². The Morgan fingerprint density at radius 2 is 2.00 bits per heavy atom. The van der Waals surface area contributed by atoms with Crippen LogP contribution in [0.15, 0.2) is 30.5 Å². The number of amides is 1. The van der Waals surface area contributed by atoms with Gasteiger partial charge in [-0.1, -0.05) is 23.2 Å². The average molecular weight is 368 g/mol. The number of carbonyl (C=O) groups is 2. The molecule has 0 aliphatic heterocycles. The fourth-order valence-corrected chi connectivity index (χ4v) is 3.05. The Labute approximate surface area is 148 Å². The van der Waals surface area contributed by atoms with Gasteiger partial charge in [-0.15, -0.1) is 0 Å². The van der Waals surface area contributed by atoms with Gasteiger partial charge in [0.25, 0.3) is 5.91 Å². The summed E-state index contributed by atoms with van der Waals surface area (Å²) in [6, 6.07) is 6.61. The Balaban J connectivity index is 1.76. The van der Waals surface area contributed by atoms with Crippen molar-refractivity contribution in [2.75, 3.05) is 0 Å². The molecular weight excluding hydrogens is 353 g/mol. The number of aliphatic carboxylic acids is 1. The molecule has 1 aromatic carbocycles. The smallest absolute Gasteiger partial charge is 0.305 e. The topological polar surface area (TPSA) is 84.2 Å². The zero-order valence-corrected chi connectivity index (χ0v) is 14.1. The van der Waals surface area contributed by atoms with Crippen LogP contribution in [0.25, 0.3) is 5.69 Å². The minimum atomic E-state index is -0.920. The zero-order chi connectivity index (χ0) is 17.3. The van der Waals surface area contributed by atoms with Crippen molar-refractivity contribution in [3.8, 4) is 5.69 Å². The van der Waals surface area contributed by atoms with Crippen LogP contribution in [0.3, 0.4) is 0 Å². The van der Waals surface area contributed by atoms with E-state index in [0.717, 1.165) is 6.42 Å². The normalized spacial score (nSPS) is 15.6. The van der Waals surface area contributed by atoms with Gasteiger partial charge in [0.05, 0.1) is 27.7 Å². The van der Waals surface area contributed by atoms with Crippen LogP contribution < -0.4 is 5.32 Å². The number of nitrogens with one attached hydrogen (secondary N) is 1. The summed E-state index contributed by atoms with van der Waals surface area (Å²) >= 11 is 11.9. The molecule has 2 N–H and O–H groups in total. The second kappa shape index (κ2) is 6.45. The molecule has 0 radical (unpaired) electrons. The van der Waals surface area contributed by atoms with Gasteiger partial charge in [-0.3, -0.25) is 9.59 Å². The summed E-state index contributed by atoms with van der Waals surface area (Å²) in [4.78, 5) is 23.4. The van der Waals surface area contributed by atoms with Crippen molar-refractivity contribution < 1.29 is 14.7 Å². The van der Waals surface area contributed by atoms with Gasteiger partial charge in [0, 0.05) is 6.20 Å². The molecule has 0 unspecified atom stereocenters. The molecule has 6 nitrogen and oxygen atoms in total. The van der Waals surface area contributed by atoms with E-state index in [1.807, 2.05) is 0 Å². The summed E-state index contributed by atoms with van der Waals surface area (Å²) in [5, 5.41) is 16.9. The molecule has 8 heteroatoms. The van der Waals surface area contributed by atoms with Crippen molar-refractivity contribution in [2.24, 2.45) is 0 Å². The number of halogens is 2. The van der Waals surface area contributed by atoms with E-state index in [1.54, 1.807) is 30.5 Å². The van der Waals surface area contributed by atoms with Crippen LogP contribution in [0.2, 0.25) is 10.0 Å². The highest BCUT2D eigenvalue weighted by Gasteiger charge is 2.40. The maximum absolute atomic E-state index is 12.4. The maximum atomic E-state index is 12.4. The lowest BCUT2D eigenvalue weighted by atomic mass is 9.74. The third-order valence-corrected chi connectivity index (χ3v) is 4.91. The standard InChI is InChI=1S/C16H15Cl2N3O3/c17-11-3-2-10(8-12(11)18)21-7-4-13(20-21)15(24)19-16(5-1-6-16)9-14(22)23/h2-4,7-8H,1,5-6,9H2,(H,19,24)(H,22,23). The second-order valence-corrected chi connectivity index (χ2v) is 6.72. The fourth-order valence-electron chi connectivity index (χ4n) is 2.76. The molecule has 1 heterocycles. The van der Waals surface area contributed by atoms with Gasteiger partial charge < -0.3 is 10.4 Å². The van der Waals surface area contributed by atoms with Gasteiger partial charge in [-0.25, -0.2) is 4.68 Å². The molecule has 1 saturated carbocycles. The van der Waals surface area contributed by atoms with Gasteiger partial charge >= 0.3 is 5.97 Å². The molecular formula is C16H15Cl2N3O3. The molecule has 0 saturated heterocycles. The fraction of sp³-hybridized carbons (Fsp3) is 0.312. The van der Waals surface area contributed by atoms with Crippen molar-refractivity contribution in [1.82, 2.24) is 15.1 Å². The third-order valence-electron chi connectivity index (χ3n) is 4.17. The molecule has 1 aromatic heterocycles. The molecule has 126 valence electrons. The minimum Gasteiger partial charge on any atom is -0.481 e. The highest BCUT2D eigenvalue weighted by atomic mass is 35.5. The number of hydrogen-bond donors (Lipinski definition) is 2. The van der Waals surface area contributed by atoms with E-state index in [4.69, 9.17) is 28.3 Å². The number of carbonyl (C=O) groups excluding carboxylic acids is 1. The summed E-state index contributed by atoms with van der Waals surface area (Å²) in [5.74, 6) is -1.30. The number of carboxylic acids is 1. The number of nitrogens with zero attached hydrogens (tertiary/aromatic N) is 2. The molecule has 0 bridgehead atoms. The van der Waals surface area contributed by atoms with E-state index >= 15 is 0 Å². The quantitative estimate of drug-likeness (QED) is 0.848. The molecule has 1 amide bonds. The molecule has 3 rings (SSSR count). The first-order chi connectivity index (χ1) is 11.4. The van der Waals surface area contributed by atoms with Crippen molar-refractivity contribution in [3.63, 3.8) is 0 Å². The average Bonchev–Trinajstić information content (AvgIpc) is 2.97. The third kappa shape index (κ3) is 3.39. The van der Waals surface area contributed by atoms with E-state index in [1.165, 1.54) is 4.68 Å². The summed E-state index contributed by atoms with van der Waals surface area (Å²) in [5.41, 5.74) is 0.237. The van der Waals surface area contributed by atoms with Crippen LogP contribution in [0.1, 0.15) is 36.2 Å². The van der Waals surface area contributed by atoms with Gasteiger partial charge in [0.15, 0.2) is 5.69 Å². The molecule has 0 spiro atoms. The van der Waals surface area contributed by atoms with E-state index in [0.29, 0.717) is 28.6 Å². The van der Waals surface area contributed by atoms with Gasteiger partial charge in [-0.2, -0.15) is 5.10 Å². The van der Waals surface area contributed by atoms with Crippen LogP contribution in [-0.2, 0) is 4.79 Å². The largest absolute Gasteiger partial charge is 0.481 e.